The number of ether oxygens (including phenoxy) is 2. The molecule has 0 saturated heterocycles. The average molecular weight is 539 g/mol. The second-order valence-corrected chi connectivity index (χ2v) is 11.1. The molecule has 5 nitrogen and oxygen atoms in total. The van der Waals surface area contributed by atoms with Gasteiger partial charge in [-0.1, -0.05) is 54.0 Å². The molecule has 2 heterocycles. The molecule has 0 amide bonds. The molecule has 1 aliphatic rings. The van der Waals surface area contributed by atoms with Gasteiger partial charge in [-0.25, -0.2) is 8.93 Å². The number of fused-ring (bicyclic) bond motifs is 2. The van der Waals surface area contributed by atoms with Gasteiger partial charge in [0.25, 0.3) is 0 Å². The molecule has 176 valence electrons. The third-order valence-electron chi connectivity index (χ3n) is 6.34. The van der Waals surface area contributed by atoms with Gasteiger partial charge in [0.1, 0.15) is 11.0 Å². The van der Waals surface area contributed by atoms with Gasteiger partial charge in [-0.05, 0) is 59.0 Å². The fraction of sp³-hybridized carbons (Fsp3) is 0.259. The van der Waals surface area contributed by atoms with Gasteiger partial charge in [0.2, 0.25) is 6.79 Å². The van der Waals surface area contributed by atoms with Crippen molar-refractivity contribution in [2.24, 2.45) is 7.05 Å². The van der Waals surface area contributed by atoms with E-state index in [2.05, 4.69) is 88.7 Å². The third kappa shape index (κ3) is 4.52. The van der Waals surface area contributed by atoms with Crippen LogP contribution in [0.25, 0.3) is 10.9 Å². The first-order chi connectivity index (χ1) is 16.4. The van der Waals surface area contributed by atoms with E-state index in [1.807, 2.05) is 24.3 Å². The van der Waals surface area contributed by atoms with Gasteiger partial charge in [0.05, 0.1) is 4.90 Å². The van der Waals surface area contributed by atoms with Crippen LogP contribution in [0.15, 0.2) is 76.2 Å². The number of halogens is 1. The summed E-state index contributed by atoms with van der Waals surface area (Å²) >= 11 is 3.58. The molecular weight excluding hydrogens is 512 g/mol. The molecular formula is C27H27BrN2O3S. The summed E-state index contributed by atoms with van der Waals surface area (Å²) in [5.74, 6) is 1.91. The second-order valence-electron chi connectivity index (χ2n) is 8.86. The number of nitrogens with zero attached hydrogens (tertiary/aromatic N) is 1. The Kier molecular flexibility index (Phi) is 6.51. The monoisotopic (exact) mass is 538 g/mol. The molecule has 5 rings (SSSR count). The molecule has 2 atom stereocenters. The number of benzene rings is 3. The molecule has 4 aromatic rings. The normalized spacial score (nSPS) is 14.6. The fourth-order valence-electron chi connectivity index (χ4n) is 4.42. The molecule has 0 fully saturated rings. The SMILES string of the molecule is CC(C)c1ccc(S(=O)NCC(c2ccc3c(c2)OCO3)c2cn(C)c3cc(Br)ccc23)cc1. The van der Waals surface area contributed by atoms with Crippen LogP contribution in [-0.2, 0) is 18.0 Å². The first-order valence-electron chi connectivity index (χ1n) is 11.3. The highest BCUT2D eigenvalue weighted by atomic mass is 79.9. The molecule has 34 heavy (non-hydrogen) atoms. The van der Waals surface area contributed by atoms with E-state index in [0.717, 1.165) is 31.9 Å². The largest absolute Gasteiger partial charge is 0.454 e. The van der Waals surface area contributed by atoms with Crippen molar-refractivity contribution in [1.29, 1.82) is 0 Å². The van der Waals surface area contributed by atoms with E-state index >= 15 is 0 Å². The Labute approximate surface area is 210 Å². The molecule has 0 aliphatic carbocycles. The second kappa shape index (κ2) is 9.56. The maximum Gasteiger partial charge on any atom is 0.231 e. The summed E-state index contributed by atoms with van der Waals surface area (Å²) < 4.78 is 30.7. The van der Waals surface area contributed by atoms with Crippen LogP contribution < -0.4 is 14.2 Å². The maximum atomic E-state index is 13.1. The van der Waals surface area contributed by atoms with Gasteiger partial charge in [0, 0.05) is 41.1 Å². The van der Waals surface area contributed by atoms with Gasteiger partial charge < -0.3 is 14.0 Å². The Bertz CT molecular complexity index is 1360. The molecule has 3 aromatic carbocycles. The highest BCUT2D eigenvalue weighted by Gasteiger charge is 2.23. The van der Waals surface area contributed by atoms with Crippen molar-refractivity contribution in [2.75, 3.05) is 13.3 Å². The molecule has 0 bridgehead atoms. The standard InChI is InChI=1S/C27H27BrN2O3S/c1-17(2)18-4-8-21(9-5-18)34(31)29-14-23(19-6-11-26-27(12-19)33-16-32-26)24-15-30(3)25-13-20(28)7-10-22(24)25/h4-13,15,17,23,29H,14,16H2,1-3H3. The lowest BCUT2D eigenvalue weighted by Gasteiger charge is -2.19. The predicted octanol–water partition coefficient (Wildman–Crippen LogP) is 6.24. The van der Waals surface area contributed by atoms with Gasteiger partial charge >= 0.3 is 0 Å². The summed E-state index contributed by atoms with van der Waals surface area (Å²) in [5, 5.41) is 1.17. The quantitative estimate of drug-likeness (QED) is 0.303. The Balaban J connectivity index is 1.48. The van der Waals surface area contributed by atoms with E-state index in [1.54, 1.807) is 0 Å². The first kappa shape index (κ1) is 23.1. The Morgan fingerprint density at radius 1 is 1.00 bits per heavy atom. The number of hydrogen-bond acceptors (Lipinski definition) is 3. The number of aryl methyl sites for hydroxylation is 1. The minimum Gasteiger partial charge on any atom is -0.454 e. The van der Waals surface area contributed by atoms with Crippen LogP contribution in [0.5, 0.6) is 11.5 Å². The lowest BCUT2D eigenvalue weighted by atomic mass is 9.91. The van der Waals surface area contributed by atoms with E-state index in [4.69, 9.17) is 9.47 Å². The van der Waals surface area contributed by atoms with Crippen molar-refractivity contribution < 1.29 is 13.7 Å². The van der Waals surface area contributed by atoms with Crippen molar-refractivity contribution in [3.63, 3.8) is 0 Å². The van der Waals surface area contributed by atoms with Crippen LogP contribution >= 0.6 is 15.9 Å². The first-order valence-corrected chi connectivity index (χ1v) is 13.2. The molecule has 1 aliphatic heterocycles. The maximum absolute atomic E-state index is 13.1. The molecule has 1 aromatic heterocycles. The van der Waals surface area contributed by atoms with Crippen molar-refractivity contribution >= 4 is 37.8 Å². The highest BCUT2D eigenvalue weighted by molar-refractivity contribution is 9.10. The molecule has 1 N–H and O–H groups in total. The molecule has 0 spiro atoms. The highest BCUT2D eigenvalue weighted by Crippen LogP contribution is 2.38. The van der Waals surface area contributed by atoms with E-state index in [1.165, 1.54) is 16.5 Å². The average Bonchev–Trinajstić information content (AvgIpc) is 3.43. The van der Waals surface area contributed by atoms with E-state index in [9.17, 15) is 4.21 Å². The Hall–Kier alpha value is -2.61. The smallest absolute Gasteiger partial charge is 0.231 e. The van der Waals surface area contributed by atoms with E-state index in [-0.39, 0.29) is 12.7 Å². The van der Waals surface area contributed by atoms with Crippen LogP contribution in [0.3, 0.4) is 0 Å². The summed E-state index contributed by atoms with van der Waals surface area (Å²) in [5.41, 5.74) is 4.63. The summed E-state index contributed by atoms with van der Waals surface area (Å²) in [4.78, 5) is 0.774. The van der Waals surface area contributed by atoms with Crippen LogP contribution in [0.4, 0.5) is 0 Å². The van der Waals surface area contributed by atoms with Crippen molar-refractivity contribution in [3.05, 3.63) is 88.0 Å². The lowest BCUT2D eigenvalue weighted by molar-refractivity contribution is 0.174. The van der Waals surface area contributed by atoms with E-state index in [0.29, 0.717) is 12.5 Å². The minimum atomic E-state index is -1.32. The third-order valence-corrected chi connectivity index (χ3v) is 7.96. The topological polar surface area (TPSA) is 52.5 Å². The Morgan fingerprint density at radius 3 is 2.50 bits per heavy atom. The van der Waals surface area contributed by atoms with Gasteiger partial charge in [0.15, 0.2) is 11.5 Å². The zero-order valence-corrected chi connectivity index (χ0v) is 21.8. The summed E-state index contributed by atoms with van der Waals surface area (Å²) in [6.45, 7) is 5.06. The summed E-state index contributed by atoms with van der Waals surface area (Å²) in [6.07, 6.45) is 2.16. The molecule has 0 radical (unpaired) electrons. The van der Waals surface area contributed by atoms with Gasteiger partial charge in [-0.15, -0.1) is 0 Å². The molecule has 2 unspecified atom stereocenters. The van der Waals surface area contributed by atoms with Crippen molar-refractivity contribution in [1.82, 2.24) is 9.29 Å². The predicted molar refractivity (Wildman–Crippen MR) is 140 cm³/mol. The summed E-state index contributed by atoms with van der Waals surface area (Å²) in [7, 11) is 0.729. The minimum absolute atomic E-state index is 0.0294. The lowest BCUT2D eigenvalue weighted by Crippen LogP contribution is -2.24. The molecule has 7 heteroatoms. The molecule has 0 saturated carbocycles. The van der Waals surface area contributed by atoms with Gasteiger partial charge in [-0.2, -0.15) is 0 Å². The number of hydrogen-bond donors (Lipinski definition) is 1. The number of aromatic nitrogens is 1. The van der Waals surface area contributed by atoms with Crippen LogP contribution in [-0.4, -0.2) is 22.1 Å². The number of nitrogens with one attached hydrogen (secondary N) is 1. The van der Waals surface area contributed by atoms with Crippen LogP contribution in [0.2, 0.25) is 0 Å². The zero-order valence-electron chi connectivity index (χ0n) is 19.4. The van der Waals surface area contributed by atoms with Crippen LogP contribution in [0, 0.1) is 0 Å². The van der Waals surface area contributed by atoms with Gasteiger partial charge in [-0.3, -0.25) is 0 Å². The zero-order chi connectivity index (χ0) is 23.8. The van der Waals surface area contributed by atoms with Crippen molar-refractivity contribution in [3.8, 4) is 11.5 Å². The Morgan fingerprint density at radius 2 is 1.74 bits per heavy atom. The summed E-state index contributed by atoms with van der Waals surface area (Å²) in [6, 6.07) is 20.4. The fourth-order valence-corrected chi connectivity index (χ4v) is 5.64. The number of rotatable bonds is 7. The van der Waals surface area contributed by atoms with Crippen LogP contribution in [0.1, 0.15) is 42.4 Å². The van der Waals surface area contributed by atoms with Crippen molar-refractivity contribution in [2.45, 2.75) is 30.6 Å². The van der Waals surface area contributed by atoms with E-state index < -0.39 is 11.0 Å².